The highest BCUT2D eigenvalue weighted by Gasteiger charge is 2.26. The van der Waals surface area contributed by atoms with Crippen molar-refractivity contribution in [2.45, 2.75) is 44.7 Å². The molecule has 0 fully saturated rings. The maximum Gasteiger partial charge on any atom is 0.0480 e. The van der Waals surface area contributed by atoms with E-state index in [9.17, 15) is 0 Å². The molecule has 1 aliphatic carbocycles. The summed E-state index contributed by atoms with van der Waals surface area (Å²) in [5.41, 5.74) is 8.48. The summed E-state index contributed by atoms with van der Waals surface area (Å²) in [6.45, 7) is 4.48. The van der Waals surface area contributed by atoms with Gasteiger partial charge in [-0.15, -0.1) is 0 Å². The van der Waals surface area contributed by atoms with Crippen LogP contribution in [0, 0.1) is 0 Å². The lowest BCUT2D eigenvalue weighted by atomic mass is 9.90. The predicted octanol–water partition coefficient (Wildman–Crippen LogP) is 5.62. The van der Waals surface area contributed by atoms with Crippen LogP contribution in [0.25, 0.3) is 16.5 Å². The minimum absolute atomic E-state index is 0.346. The number of aryl methyl sites for hydroxylation is 1. The highest BCUT2D eigenvalue weighted by atomic mass is 15.1. The van der Waals surface area contributed by atoms with Crippen LogP contribution in [-0.4, -0.2) is 30.0 Å². The third-order valence-electron chi connectivity index (χ3n) is 6.74. The minimum Gasteiger partial charge on any atom is -0.357 e. The number of fused-ring (bicyclic) bond motifs is 3. The number of aromatic amines is 1. The summed E-state index contributed by atoms with van der Waals surface area (Å²) in [7, 11) is 2.20. The Morgan fingerprint density at radius 2 is 1.97 bits per heavy atom. The van der Waals surface area contributed by atoms with Crippen LogP contribution in [0.4, 0.5) is 0 Å². The van der Waals surface area contributed by atoms with Crippen molar-refractivity contribution >= 4 is 16.5 Å². The Kier molecular flexibility index (Phi) is 5.03. The van der Waals surface area contributed by atoms with Gasteiger partial charge in [-0.05, 0) is 74.1 Å². The highest BCUT2D eigenvalue weighted by molar-refractivity contribution is 5.88. The van der Waals surface area contributed by atoms with Crippen molar-refractivity contribution in [2.24, 2.45) is 0 Å². The molecule has 1 aromatic heterocycles. The monoisotopic (exact) mass is 385 g/mol. The van der Waals surface area contributed by atoms with Gasteiger partial charge >= 0.3 is 0 Å². The van der Waals surface area contributed by atoms with Crippen molar-refractivity contribution in [3.8, 4) is 0 Å². The van der Waals surface area contributed by atoms with Crippen LogP contribution in [0.2, 0.25) is 0 Å². The lowest BCUT2D eigenvalue weighted by molar-refractivity contribution is 0.370. The van der Waals surface area contributed by atoms with Gasteiger partial charge < -0.3 is 15.2 Å². The fourth-order valence-electron chi connectivity index (χ4n) is 5.00. The second-order valence-corrected chi connectivity index (χ2v) is 8.76. The van der Waals surface area contributed by atoms with Gasteiger partial charge in [-0.25, -0.2) is 0 Å². The summed E-state index contributed by atoms with van der Waals surface area (Å²) in [6, 6.07) is 18.5. The van der Waals surface area contributed by atoms with E-state index in [1.807, 2.05) is 0 Å². The van der Waals surface area contributed by atoms with Gasteiger partial charge in [0.2, 0.25) is 0 Å². The number of nitrogens with one attached hydrogen (secondary N) is 2. The van der Waals surface area contributed by atoms with Crippen LogP contribution >= 0.6 is 0 Å². The molecule has 2 atom stereocenters. The number of benzene rings is 2. The van der Waals surface area contributed by atoms with Crippen LogP contribution < -0.4 is 5.32 Å². The second kappa shape index (κ2) is 7.81. The molecule has 2 N–H and O–H groups in total. The van der Waals surface area contributed by atoms with Gasteiger partial charge in [0.1, 0.15) is 0 Å². The van der Waals surface area contributed by atoms with Crippen LogP contribution in [0.5, 0.6) is 0 Å². The summed E-state index contributed by atoms with van der Waals surface area (Å²) in [5, 5.41) is 5.31. The number of hydrogen-bond acceptors (Lipinski definition) is 2. The summed E-state index contributed by atoms with van der Waals surface area (Å²) < 4.78 is 0. The summed E-state index contributed by atoms with van der Waals surface area (Å²) in [6.07, 6.45) is 7.17. The molecule has 0 saturated heterocycles. The molecular formula is C26H31N3. The highest BCUT2D eigenvalue weighted by Crippen LogP contribution is 2.37. The van der Waals surface area contributed by atoms with E-state index in [1.54, 1.807) is 0 Å². The first-order valence-corrected chi connectivity index (χ1v) is 11.0. The van der Waals surface area contributed by atoms with Crippen molar-refractivity contribution in [3.63, 3.8) is 0 Å². The van der Waals surface area contributed by atoms with E-state index in [0.29, 0.717) is 12.1 Å². The van der Waals surface area contributed by atoms with E-state index < -0.39 is 0 Å². The quantitative estimate of drug-likeness (QED) is 0.611. The molecule has 150 valence electrons. The van der Waals surface area contributed by atoms with Crippen molar-refractivity contribution in [2.75, 3.05) is 20.1 Å². The molecule has 2 heterocycles. The third-order valence-corrected chi connectivity index (χ3v) is 6.74. The zero-order chi connectivity index (χ0) is 19.8. The topological polar surface area (TPSA) is 31.1 Å². The molecule has 0 spiro atoms. The van der Waals surface area contributed by atoms with E-state index >= 15 is 0 Å². The van der Waals surface area contributed by atoms with Crippen LogP contribution in [0.15, 0.2) is 54.6 Å². The van der Waals surface area contributed by atoms with Gasteiger partial charge in [0.15, 0.2) is 0 Å². The fraction of sp³-hybridized carbons (Fsp3) is 0.385. The molecule has 0 amide bonds. The lowest BCUT2D eigenvalue weighted by Gasteiger charge is -2.27. The number of rotatable bonds is 4. The molecule has 3 heteroatoms. The summed E-state index contributed by atoms with van der Waals surface area (Å²) >= 11 is 0. The number of likely N-dealkylation sites (N-methyl/N-ethyl adjacent to an activating group) is 1. The Hall–Kier alpha value is -2.36. The first-order chi connectivity index (χ1) is 14.2. The number of nitrogens with zero attached hydrogens (tertiary/aromatic N) is 1. The van der Waals surface area contributed by atoms with E-state index in [1.165, 1.54) is 58.1 Å². The average molecular weight is 386 g/mol. The molecule has 0 bridgehead atoms. The van der Waals surface area contributed by atoms with Gasteiger partial charge in [-0.1, -0.05) is 42.5 Å². The number of hydrogen-bond donors (Lipinski definition) is 2. The Morgan fingerprint density at radius 1 is 1.10 bits per heavy atom. The normalized spacial score (nSPS) is 21.0. The molecule has 0 radical (unpaired) electrons. The van der Waals surface area contributed by atoms with Crippen molar-refractivity contribution < 1.29 is 0 Å². The molecule has 1 aliphatic heterocycles. The Balaban J connectivity index is 1.45. The number of H-pyrrole nitrogens is 1. The van der Waals surface area contributed by atoms with Gasteiger partial charge in [-0.3, -0.25) is 0 Å². The van der Waals surface area contributed by atoms with Gasteiger partial charge in [0.05, 0.1) is 0 Å². The fourth-order valence-corrected chi connectivity index (χ4v) is 5.00. The lowest BCUT2D eigenvalue weighted by Crippen LogP contribution is -2.27. The van der Waals surface area contributed by atoms with Crippen molar-refractivity contribution in [1.82, 2.24) is 15.2 Å². The van der Waals surface area contributed by atoms with Gasteiger partial charge in [0, 0.05) is 41.8 Å². The van der Waals surface area contributed by atoms with E-state index in [4.69, 9.17) is 0 Å². The zero-order valence-electron chi connectivity index (χ0n) is 17.5. The van der Waals surface area contributed by atoms with Crippen LogP contribution in [-0.2, 0) is 6.42 Å². The molecule has 0 saturated carbocycles. The minimum atomic E-state index is 0.346. The van der Waals surface area contributed by atoms with E-state index in [0.717, 1.165) is 19.5 Å². The SMILES string of the molecule is C[C@@H](N[C@@H]1CCCc2c1[nH]c1ccc(C3=CCN(C)CC3)cc21)c1ccccc1. The van der Waals surface area contributed by atoms with Gasteiger partial charge in [0.25, 0.3) is 0 Å². The largest absolute Gasteiger partial charge is 0.357 e. The standard InChI is InChI=1S/C26H31N3/c1-18(19-7-4-3-5-8-19)27-25-10-6-9-22-23-17-21(11-12-24(23)28-26(22)25)20-13-15-29(2)16-14-20/h3-5,7-8,11-13,17-18,25,27-28H,6,9-10,14-16H2,1-2H3/t18-,25-/m1/s1. The van der Waals surface area contributed by atoms with Crippen LogP contribution in [0.3, 0.4) is 0 Å². The third kappa shape index (κ3) is 3.65. The molecule has 2 aromatic carbocycles. The maximum absolute atomic E-state index is 3.89. The first-order valence-electron chi connectivity index (χ1n) is 11.0. The average Bonchev–Trinajstić information content (AvgIpc) is 3.14. The van der Waals surface area contributed by atoms with Gasteiger partial charge in [-0.2, -0.15) is 0 Å². The molecule has 3 aromatic rings. The van der Waals surface area contributed by atoms with E-state index in [2.05, 4.69) is 83.8 Å². The molecule has 29 heavy (non-hydrogen) atoms. The van der Waals surface area contributed by atoms with Crippen molar-refractivity contribution in [3.05, 3.63) is 77.0 Å². The molecule has 3 nitrogen and oxygen atoms in total. The Morgan fingerprint density at radius 3 is 2.76 bits per heavy atom. The summed E-state index contributed by atoms with van der Waals surface area (Å²) in [5.74, 6) is 0. The zero-order valence-corrected chi connectivity index (χ0v) is 17.5. The predicted molar refractivity (Wildman–Crippen MR) is 122 cm³/mol. The molecule has 0 unspecified atom stereocenters. The molecular weight excluding hydrogens is 354 g/mol. The number of aromatic nitrogens is 1. The first kappa shape index (κ1) is 18.7. The molecule has 2 aliphatic rings. The molecule has 5 rings (SSSR count). The maximum atomic E-state index is 3.89. The van der Waals surface area contributed by atoms with Crippen molar-refractivity contribution in [1.29, 1.82) is 0 Å². The Bertz CT molecular complexity index is 1030. The smallest absolute Gasteiger partial charge is 0.0480 e. The Labute approximate surface area is 173 Å². The van der Waals surface area contributed by atoms with E-state index in [-0.39, 0.29) is 0 Å². The van der Waals surface area contributed by atoms with Crippen LogP contribution in [0.1, 0.15) is 60.7 Å². The summed E-state index contributed by atoms with van der Waals surface area (Å²) in [4.78, 5) is 6.15. The second-order valence-electron chi connectivity index (χ2n) is 8.76.